The molecular weight excluding hydrogens is 436 g/mol. The molecule has 178 valence electrons. The number of aryl methyl sites for hydroxylation is 1. The van der Waals surface area contributed by atoms with E-state index in [-0.39, 0.29) is 11.9 Å². The highest BCUT2D eigenvalue weighted by Crippen LogP contribution is 2.42. The molecule has 1 fully saturated rings. The van der Waals surface area contributed by atoms with Crippen LogP contribution in [0, 0.1) is 5.41 Å². The van der Waals surface area contributed by atoms with Gasteiger partial charge in [0, 0.05) is 38.5 Å². The average molecular weight is 465 g/mol. The second-order valence-corrected chi connectivity index (χ2v) is 8.94. The summed E-state index contributed by atoms with van der Waals surface area (Å²) in [5.74, 6) is 0.983. The summed E-state index contributed by atoms with van der Waals surface area (Å²) in [5, 5.41) is 19.2. The summed E-state index contributed by atoms with van der Waals surface area (Å²) < 4.78 is 14.1. The minimum Gasteiger partial charge on any atom is -0.479 e. The number of fused-ring (bicyclic) bond motifs is 2. The van der Waals surface area contributed by atoms with E-state index < -0.39 is 5.41 Å². The van der Waals surface area contributed by atoms with Crippen LogP contribution in [0.4, 0.5) is 5.95 Å². The number of ether oxygens (including phenoxy) is 2. The Morgan fingerprint density at radius 1 is 1.26 bits per heavy atom. The first-order valence-electron chi connectivity index (χ1n) is 11.2. The van der Waals surface area contributed by atoms with Crippen LogP contribution in [0.2, 0.25) is 0 Å². The van der Waals surface area contributed by atoms with Gasteiger partial charge in [-0.15, -0.1) is 10.2 Å². The molecule has 5 rings (SSSR count). The maximum atomic E-state index is 12.5. The van der Waals surface area contributed by atoms with Crippen LogP contribution in [0.5, 0.6) is 5.88 Å². The molecule has 2 N–H and O–H groups in total. The van der Waals surface area contributed by atoms with Gasteiger partial charge in [0.05, 0.1) is 24.6 Å². The molecule has 34 heavy (non-hydrogen) atoms. The zero-order valence-electron chi connectivity index (χ0n) is 19.7. The minimum absolute atomic E-state index is 0.0483. The first-order valence-corrected chi connectivity index (χ1v) is 11.2. The van der Waals surface area contributed by atoms with Crippen LogP contribution in [0.1, 0.15) is 19.8 Å². The van der Waals surface area contributed by atoms with Gasteiger partial charge in [0.25, 0.3) is 0 Å². The number of aromatic nitrogens is 6. The molecule has 1 saturated carbocycles. The van der Waals surface area contributed by atoms with Crippen LogP contribution >= 0.6 is 0 Å². The summed E-state index contributed by atoms with van der Waals surface area (Å²) >= 11 is 0. The van der Waals surface area contributed by atoms with Crippen LogP contribution in [-0.4, -0.2) is 68.9 Å². The quantitative estimate of drug-likeness (QED) is 0.380. The lowest BCUT2D eigenvalue weighted by Gasteiger charge is -2.43. The molecule has 3 heterocycles. The van der Waals surface area contributed by atoms with E-state index in [4.69, 9.17) is 9.47 Å². The van der Waals surface area contributed by atoms with Crippen molar-refractivity contribution in [3.8, 4) is 17.0 Å². The predicted molar refractivity (Wildman–Crippen MR) is 127 cm³/mol. The SMILES string of the molecule is COCCNC(=O)C1(C)CC(Nc2nc(OC)c3c(-c4ccc5nnn(C)c5c4)ccn3n2)C1. The fraction of sp³-hybridized carbons (Fsp3) is 0.435. The van der Waals surface area contributed by atoms with Gasteiger partial charge in [-0.05, 0) is 36.6 Å². The lowest BCUT2D eigenvalue weighted by atomic mass is 9.66. The van der Waals surface area contributed by atoms with Gasteiger partial charge in [-0.1, -0.05) is 18.2 Å². The van der Waals surface area contributed by atoms with E-state index in [2.05, 4.69) is 31.0 Å². The van der Waals surface area contributed by atoms with Crippen molar-refractivity contribution in [1.29, 1.82) is 0 Å². The van der Waals surface area contributed by atoms with E-state index in [1.165, 1.54) is 0 Å². The van der Waals surface area contributed by atoms with Crippen LogP contribution < -0.4 is 15.4 Å². The highest BCUT2D eigenvalue weighted by atomic mass is 16.5. The topological polar surface area (TPSA) is 120 Å². The molecule has 0 atom stereocenters. The Labute approximate surface area is 196 Å². The third kappa shape index (κ3) is 3.81. The average Bonchev–Trinajstić information content (AvgIpc) is 3.41. The van der Waals surface area contributed by atoms with E-state index in [1.807, 2.05) is 44.4 Å². The molecule has 0 aliphatic heterocycles. The number of rotatable bonds is 8. The zero-order chi connectivity index (χ0) is 23.9. The van der Waals surface area contributed by atoms with Crippen LogP contribution in [-0.2, 0) is 16.6 Å². The summed E-state index contributed by atoms with van der Waals surface area (Å²) in [7, 11) is 5.09. The first-order chi connectivity index (χ1) is 16.4. The summed E-state index contributed by atoms with van der Waals surface area (Å²) in [6.45, 7) is 2.99. The van der Waals surface area contributed by atoms with Crippen LogP contribution in [0.15, 0.2) is 30.5 Å². The fourth-order valence-electron chi connectivity index (χ4n) is 4.60. The number of carbonyl (C=O) groups is 1. The number of carbonyl (C=O) groups excluding carboxylic acids is 1. The molecule has 0 saturated heterocycles. The monoisotopic (exact) mass is 464 g/mol. The Morgan fingerprint density at radius 3 is 2.85 bits per heavy atom. The van der Waals surface area contributed by atoms with Crippen molar-refractivity contribution in [2.75, 3.05) is 32.7 Å². The van der Waals surface area contributed by atoms with Crippen molar-refractivity contribution in [2.24, 2.45) is 12.5 Å². The van der Waals surface area contributed by atoms with Crippen molar-refractivity contribution < 1.29 is 14.3 Å². The van der Waals surface area contributed by atoms with Crippen molar-refractivity contribution >= 4 is 28.4 Å². The minimum atomic E-state index is -0.403. The van der Waals surface area contributed by atoms with Crippen molar-refractivity contribution in [3.63, 3.8) is 0 Å². The predicted octanol–water partition coefficient (Wildman–Crippen LogP) is 2.03. The van der Waals surface area contributed by atoms with E-state index >= 15 is 0 Å². The van der Waals surface area contributed by atoms with Crippen molar-refractivity contribution in [2.45, 2.75) is 25.8 Å². The Kier molecular flexibility index (Phi) is 5.56. The summed E-state index contributed by atoms with van der Waals surface area (Å²) in [6, 6.07) is 8.10. The Balaban J connectivity index is 1.36. The number of benzene rings is 1. The standard InChI is InChI=1S/C23H28N8O3/c1-23(21(32)24-8-10-33-3)12-15(13-23)25-22-26-20(34-4)19-16(7-9-31(19)28-22)14-5-6-17-18(11-14)30(2)29-27-17/h5-7,9,11,15H,8,10,12-13H2,1-4H3,(H,24,32)(H,25,28). The van der Waals surface area contributed by atoms with Gasteiger partial charge in [0.15, 0.2) is 0 Å². The van der Waals surface area contributed by atoms with Gasteiger partial charge >= 0.3 is 0 Å². The van der Waals surface area contributed by atoms with Gasteiger partial charge in [0.2, 0.25) is 17.7 Å². The van der Waals surface area contributed by atoms with Crippen molar-refractivity contribution in [1.82, 2.24) is 34.9 Å². The third-order valence-electron chi connectivity index (χ3n) is 6.46. The number of methoxy groups -OCH3 is 2. The molecular formula is C23H28N8O3. The molecule has 0 spiro atoms. The number of amides is 1. The van der Waals surface area contributed by atoms with Gasteiger partial charge in [-0.25, -0.2) is 9.20 Å². The molecule has 11 nitrogen and oxygen atoms in total. The highest BCUT2D eigenvalue weighted by Gasteiger charge is 2.46. The number of hydrogen-bond donors (Lipinski definition) is 2. The largest absolute Gasteiger partial charge is 0.479 e. The Hall–Kier alpha value is -3.73. The smallest absolute Gasteiger partial charge is 0.244 e. The van der Waals surface area contributed by atoms with Crippen LogP contribution in [0.25, 0.3) is 27.7 Å². The van der Waals surface area contributed by atoms with E-state index in [0.717, 1.165) is 27.7 Å². The molecule has 1 aliphatic rings. The molecule has 0 radical (unpaired) electrons. The Bertz CT molecular complexity index is 1360. The molecule has 4 aromatic rings. The zero-order valence-corrected chi connectivity index (χ0v) is 19.7. The van der Waals surface area contributed by atoms with E-state index in [1.54, 1.807) is 23.4 Å². The maximum Gasteiger partial charge on any atom is 0.244 e. The number of anilines is 1. The van der Waals surface area contributed by atoms with Gasteiger partial charge in [-0.2, -0.15) is 4.98 Å². The third-order valence-corrected chi connectivity index (χ3v) is 6.46. The molecule has 11 heteroatoms. The van der Waals surface area contributed by atoms with Crippen molar-refractivity contribution in [3.05, 3.63) is 30.5 Å². The molecule has 1 amide bonds. The first kappa shape index (κ1) is 22.1. The van der Waals surface area contributed by atoms with Gasteiger partial charge < -0.3 is 20.1 Å². The second-order valence-electron chi connectivity index (χ2n) is 8.94. The molecule has 1 aromatic carbocycles. The van der Waals surface area contributed by atoms with E-state index in [0.29, 0.717) is 37.8 Å². The van der Waals surface area contributed by atoms with Gasteiger partial charge in [0.1, 0.15) is 11.0 Å². The molecule has 0 bridgehead atoms. The number of nitrogens with zero attached hydrogens (tertiary/aromatic N) is 6. The number of nitrogens with one attached hydrogen (secondary N) is 2. The summed E-state index contributed by atoms with van der Waals surface area (Å²) in [4.78, 5) is 17.1. The normalized spacial score (nSPS) is 19.8. The summed E-state index contributed by atoms with van der Waals surface area (Å²) in [6.07, 6.45) is 3.29. The second kappa shape index (κ2) is 8.56. The Morgan fingerprint density at radius 2 is 2.09 bits per heavy atom. The lowest BCUT2D eigenvalue weighted by molar-refractivity contribution is -0.135. The molecule has 3 aromatic heterocycles. The number of hydrogen-bond acceptors (Lipinski definition) is 8. The fourth-order valence-corrected chi connectivity index (χ4v) is 4.60. The lowest BCUT2D eigenvalue weighted by Crippen LogP contribution is -2.53. The maximum absolute atomic E-state index is 12.5. The highest BCUT2D eigenvalue weighted by molar-refractivity contribution is 5.89. The molecule has 1 aliphatic carbocycles. The van der Waals surface area contributed by atoms with Crippen LogP contribution in [0.3, 0.4) is 0 Å². The molecule has 0 unspecified atom stereocenters. The summed E-state index contributed by atoms with van der Waals surface area (Å²) in [5.41, 5.74) is 4.10. The van der Waals surface area contributed by atoms with Gasteiger partial charge in [-0.3, -0.25) is 4.79 Å². The van der Waals surface area contributed by atoms with E-state index in [9.17, 15) is 4.79 Å².